The van der Waals surface area contributed by atoms with Gasteiger partial charge in [-0.1, -0.05) is 0 Å². The minimum atomic E-state index is -0.446. The van der Waals surface area contributed by atoms with Crippen molar-refractivity contribution in [2.24, 2.45) is 0 Å². The van der Waals surface area contributed by atoms with Crippen molar-refractivity contribution in [1.82, 2.24) is 9.97 Å². The maximum Gasteiger partial charge on any atom is 0.417 e. The van der Waals surface area contributed by atoms with E-state index < -0.39 is 5.76 Å². The zero-order chi connectivity index (χ0) is 10.4. The molecule has 2 heterocycles. The Balaban J connectivity index is 2.59. The van der Waals surface area contributed by atoms with Crippen molar-refractivity contribution in [3.63, 3.8) is 0 Å². The fourth-order valence-electron chi connectivity index (χ4n) is 1.57. The summed E-state index contributed by atoms with van der Waals surface area (Å²) >= 11 is 2.22. The summed E-state index contributed by atoms with van der Waals surface area (Å²) in [6, 6.07) is 5.81. The number of pyridine rings is 1. The molecule has 0 amide bonds. The van der Waals surface area contributed by atoms with E-state index in [1.54, 1.807) is 6.20 Å². The first kappa shape index (κ1) is 8.90. The van der Waals surface area contributed by atoms with Gasteiger partial charge in [-0.3, -0.25) is 9.97 Å². The van der Waals surface area contributed by atoms with Crippen LogP contribution in [0.15, 0.2) is 33.6 Å². The lowest BCUT2D eigenvalue weighted by atomic mass is 10.2. The van der Waals surface area contributed by atoms with Crippen molar-refractivity contribution in [1.29, 1.82) is 0 Å². The van der Waals surface area contributed by atoms with Gasteiger partial charge in [0.15, 0.2) is 5.58 Å². The maximum atomic E-state index is 11.0. The van der Waals surface area contributed by atoms with Crippen molar-refractivity contribution in [3.05, 3.63) is 38.5 Å². The SMILES string of the molecule is O=c1[nH]c2cnc3cc(I)ccc3c2o1. The Kier molecular flexibility index (Phi) is 1.82. The third-order valence-electron chi connectivity index (χ3n) is 2.21. The summed E-state index contributed by atoms with van der Waals surface area (Å²) in [4.78, 5) is 17.9. The highest BCUT2D eigenvalue weighted by Crippen LogP contribution is 2.22. The quantitative estimate of drug-likeness (QED) is 0.648. The highest BCUT2D eigenvalue weighted by Gasteiger charge is 2.06. The van der Waals surface area contributed by atoms with E-state index in [0.717, 1.165) is 14.5 Å². The van der Waals surface area contributed by atoms with Gasteiger partial charge in [-0.25, -0.2) is 4.79 Å². The van der Waals surface area contributed by atoms with Crippen molar-refractivity contribution < 1.29 is 4.42 Å². The van der Waals surface area contributed by atoms with E-state index in [9.17, 15) is 4.79 Å². The first-order valence-corrected chi connectivity index (χ1v) is 5.39. The summed E-state index contributed by atoms with van der Waals surface area (Å²) in [5, 5.41) is 0.853. The predicted octanol–water partition coefficient (Wildman–Crippen LogP) is 2.27. The van der Waals surface area contributed by atoms with E-state index >= 15 is 0 Å². The number of H-pyrrole nitrogens is 1. The monoisotopic (exact) mass is 312 g/mol. The number of hydrogen-bond acceptors (Lipinski definition) is 3. The zero-order valence-electron chi connectivity index (χ0n) is 7.45. The number of aromatic nitrogens is 2. The fourth-order valence-corrected chi connectivity index (χ4v) is 2.04. The molecule has 0 aliphatic heterocycles. The lowest BCUT2D eigenvalue weighted by Gasteiger charge is -1.97. The number of aromatic amines is 1. The standard InChI is InChI=1S/C10H5IN2O2/c11-5-1-2-6-7(3-5)12-4-8-9(6)15-10(14)13-8/h1-4H,(H,13,14). The Morgan fingerprint density at radius 3 is 3.13 bits per heavy atom. The smallest absolute Gasteiger partial charge is 0.407 e. The molecule has 3 aromatic rings. The van der Waals surface area contributed by atoms with E-state index in [4.69, 9.17) is 4.42 Å². The average molecular weight is 312 g/mol. The molecule has 74 valence electrons. The topological polar surface area (TPSA) is 58.9 Å². The van der Waals surface area contributed by atoms with Gasteiger partial charge < -0.3 is 4.42 Å². The van der Waals surface area contributed by atoms with Crippen LogP contribution in [0.4, 0.5) is 0 Å². The van der Waals surface area contributed by atoms with Crippen molar-refractivity contribution in [2.45, 2.75) is 0 Å². The van der Waals surface area contributed by atoms with Gasteiger partial charge in [0.2, 0.25) is 0 Å². The van der Waals surface area contributed by atoms with Crippen LogP contribution in [-0.4, -0.2) is 9.97 Å². The van der Waals surface area contributed by atoms with Gasteiger partial charge in [0.1, 0.15) is 5.52 Å². The Bertz CT molecular complexity index is 714. The predicted molar refractivity (Wildman–Crippen MR) is 64.9 cm³/mol. The molecule has 0 spiro atoms. The normalized spacial score (nSPS) is 11.3. The molecule has 3 rings (SSSR count). The van der Waals surface area contributed by atoms with Crippen molar-refractivity contribution >= 4 is 44.6 Å². The molecular weight excluding hydrogens is 307 g/mol. The maximum absolute atomic E-state index is 11.0. The lowest BCUT2D eigenvalue weighted by molar-refractivity contribution is 0.558. The van der Waals surface area contributed by atoms with Gasteiger partial charge in [-0.05, 0) is 40.8 Å². The number of halogens is 1. The van der Waals surface area contributed by atoms with Gasteiger partial charge >= 0.3 is 5.76 Å². The van der Waals surface area contributed by atoms with Crippen LogP contribution in [0.1, 0.15) is 0 Å². The van der Waals surface area contributed by atoms with Crippen LogP contribution in [-0.2, 0) is 0 Å². The summed E-state index contributed by atoms with van der Waals surface area (Å²) in [6.45, 7) is 0. The molecule has 0 unspecified atom stereocenters. The Morgan fingerprint density at radius 1 is 1.40 bits per heavy atom. The van der Waals surface area contributed by atoms with E-state index in [0.29, 0.717) is 11.1 Å². The molecule has 15 heavy (non-hydrogen) atoms. The highest BCUT2D eigenvalue weighted by molar-refractivity contribution is 14.1. The number of nitrogens with zero attached hydrogens (tertiary/aromatic N) is 1. The van der Waals surface area contributed by atoms with Crippen LogP contribution < -0.4 is 5.76 Å². The summed E-state index contributed by atoms with van der Waals surface area (Å²) in [6.07, 6.45) is 1.61. The van der Waals surface area contributed by atoms with E-state index in [-0.39, 0.29) is 0 Å². The van der Waals surface area contributed by atoms with Crippen molar-refractivity contribution in [2.75, 3.05) is 0 Å². The van der Waals surface area contributed by atoms with E-state index in [1.165, 1.54) is 0 Å². The van der Waals surface area contributed by atoms with Gasteiger partial charge in [0.25, 0.3) is 0 Å². The molecule has 0 radical (unpaired) electrons. The van der Waals surface area contributed by atoms with E-state index in [1.807, 2.05) is 18.2 Å². The molecular formula is C10H5IN2O2. The molecule has 0 aliphatic rings. The fraction of sp³-hybridized carbons (Fsp3) is 0. The molecule has 1 N–H and O–H groups in total. The molecule has 1 aromatic carbocycles. The van der Waals surface area contributed by atoms with Crippen molar-refractivity contribution in [3.8, 4) is 0 Å². The van der Waals surface area contributed by atoms with Crippen LogP contribution in [0.3, 0.4) is 0 Å². The molecule has 0 bridgehead atoms. The largest absolute Gasteiger partial charge is 0.417 e. The third kappa shape index (κ3) is 1.34. The molecule has 5 heteroatoms. The summed E-state index contributed by atoms with van der Waals surface area (Å²) in [5.41, 5.74) is 2.03. The number of hydrogen-bond donors (Lipinski definition) is 1. The number of benzene rings is 1. The van der Waals surface area contributed by atoms with Crippen LogP contribution in [0.2, 0.25) is 0 Å². The Morgan fingerprint density at radius 2 is 2.27 bits per heavy atom. The molecule has 0 aliphatic carbocycles. The summed E-state index contributed by atoms with van der Waals surface area (Å²) in [7, 11) is 0. The second-order valence-corrected chi connectivity index (χ2v) is 4.42. The van der Waals surface area contributed by atoms with Gasteiger partial charge in [0.05, 0.1) is 11.7 Å². The van der Waals surface area contributed by atoms with Crippen LogP contribution in [0.25, 0.3) is 22.0 Å². The molecule has 0 fully saturated rings. The van der Waals surface area contributed by atoms with E-state index in [2.05, 4.69) is 32.6 Å². The summed E-state index contributed by atoms with van der Waals surface area (Å²) < 4.78 is 6.17. The molecule has 0 saturated carbocycles. The van der Waals surface area contributed by atoms with Crippen LogP contribution >= 0.6 is 22.6 Å². The Hall–Kier alpha value is -1.37. The first-order valence-electron chi connectivity index (χ1n) is 4.31. The average Bonchev–Trinajstić information content (AvgIpc) is 2.58. The third-order valence-corrected chi connectivity index (χ3v) is 2.88. The number of fused-ring (bicyclic) bond motifs is 3. The minimum Gasteiger partial charge on any atom is -0.407 e. The van der Waals surface area contributed by atoms with Crippen LogP contribution in [0, 0.1) is 3.57 Å². The van der Waals surface area contributed by atoms with Gasteiger partial charge in [-0.2, -0.15) is 0 Å². The number of rotatable bonds is 0. The highest BCUT2D eigenvalue weighted by atomic mass is 127. The molecule has 2 aromatic heterocycles. The van der Waals surface area contributed by atoms with Crippen LogP contribution in [0.5, 0.6) is 0 Å². The molecule has 4 nitrogen and oxygen atoms in total. The molecule has 0 atom stereocenters. The van der Waals surface area contributed by atoms with Gasteiger partial charge in [0, 0.05) is 8.96 Å². The zero-order valence-corrected chi connectivity index (χ0v) is 9.61. The Labute approximate surface area is 97.5 Å². The number of oxazole rings is 1. The minimum absolute atomic E-state index is 0.446. The lowest BCUT2D eigenvalue weighted by Crippen LogP contribution is -1.92. The summed E-state index contributed by atoms with van der Waals surface area (Å²) in [5.74, 6) is -0.446. The van der Waals surface area contributed by atoms with Gasteiger partial charge in [-0.15, -0.1) is 0 Å². The second-order valence-electron chi connectivity index (χ2n) is 3.18. The number of nitrogens with one attached hydrogen (secondary N) is 1. The first-order chi connectivity index (χ1) is 7.24. The second kappa shape index (κ2) is 3.06. The molecule has 0 saturated heterocycles.